The van der Waals surface area contributed by atoms with Crippen LogP contribution in [0.4, 0.5) is 16.2 Å². The Morgan fingerprint density at radius 2 is 1.87 bits per heavy atom. The van der Waals surface area contributed by atoms with E-state index < -0.39 is 6.03 Å². The summed E-state index contributed by atoms with van der Waals surface area (Å²) in [6, 6.07) is 4.99. The zero-order chi connectivity index (χ0) is 16.7. The summed E-state index contributed by atoms with van der Waals surface area (Å²) >= 11 is 0. The van der Waals surface area contributed by atoms with Crippen molar-refractivity contribution in [2.75, 3.05) is 31.5 Å². The van der Waals surface area contributed by atoms with Gasteiger partial charge >= 0.3 is 12.0 Å². The Morgan fingerprint density at radius 1 is 1.13 bits per heavy atom. The van der Waals surface area contributed by atoms with Crippen LogP contribution in [-0.2, 0) is 0 Å². The van der Waals surface area contributed by atoms with Gasteiger partial charge in [-0.3, -0.25) is 0 Å². The first kappa shape index (κ1) is 16.3. The molecule has 0 aliphatic carbocycles. The molecule has 8 heteroatoms. The Bertz CT molecular complexity index is 661. The van der Waals surface area contributed by atoms with Crippen LogP contribution >= 0.6 is 0 Å². The lowest BCUT2D eigenvalue weighted by Crippen LogP contribution is -2.20. The van der Waals surface area contributed by atoms with Crippen molar-refractivity contribution in [1.29, 1.82) is 0 Å². The quantitative estimate of drug-likeness (QED) is 0.850. The number of methoxy groups -OCH3 is 2. The zero-order valence-corrected chi connectivity index (χ0v) is 13.1. The van der Waals surface area contributed by atoms with Gasteiger partial charge in [-0.1, -0.05) is 6.07 Å². The van der Waals surface area contributed by atoms with Gasteiger partial charge in [0.25, 0.3) is 0 Å². The Labute approximate surface area is 133 Å². The van der Waals surface area contributed by atoms with Crippen molar-refractivity contribution < 1.29 is 19.0 Å². The summed E-state index contributed by atoms with van der Waals surface area (Å²) in [6.07, 6.45) is 2.92. The number of ether oxygens (including phenoxy) is 3. The first-order chi connectivity index (χ1) is 11.2. The normalized spacial score (nSPS) is 9.87. The Kier molecular flexibility index (Phi) is 5.56. The molecule has 0 aliphatic heterocycles. The van der Waals surface area contributed by atoms with Gasteiger partial charge < -0.3 is 24.8 Å². The maximum atomic E-state index is 12.1. The molecule has 1 aromatic heterocycles. The van der Waals surface area contributed by atoms with E-state index in [2.05, 4.69) is 20.6 Å². The minimum Gasteiger partial charge on any atom is -0.493 e. The van der Waals surface area contributed by atoms with E-state index in [1.807, 2.05) is 6.92 Å². The average molecular weight is 318 g/mol. The fourth-order valence-electron chi connectivity index (χ4n) is 1.85. The molecule has 0 saturated heterocycles. The molecule has 0 unspecified atom stereocenters. The number of urea groups is 1. The highest BCUT2D eigenvalue weighted by molar-refractivity contribution is 6.00. The summed E-state index contributed by atoms with van der Waals surface area (Å²) in [5.74, 6) is 0.961. The van der Waals surface area contributed by atoms with Crippen LogP contribution in [0.2, 0.25) is 0 Å². The highest BCUT2D eigenvalue weighted by Gasteiger charge is 2.12. The van der Waals surface area contributed by atoms with Crippen molar-refractivity contribution in [3.05, 3.63) is 30.6 Å². The lowest BCUT2D eigenvalue weighted by atomic mass is 10.2. The highest BCUT2D eigenvalue weighted by atomic mass is 16.5. The van der Waals surface area contributed by atoms with Crippen LogP contribution in [0.3, 0.4) is 0 Å². The van der Waals surface area contributed by atoms with Gasteiger partial charge in [-0.15, -0.1) is 0 Å². The number of nitrogens with zero attached hydrogens (tertiary/aromatic N) is 2. The summed E-state index contributed by atoms with van der Waals surface area (Å²) in [4.78, 5) is 20.0. The lowest BCUT2D eigenvalue weighted by Gasteiger charge is -2.13. The van der Waals surface area contributed by atoms with Crippen LogP contribution < -0.4 is 24.8 Å². The van der Waals surface area contributed by atoms with E-state index >= 15 is 0 Å². The predicted octanol–water partition coefficient (Wildman–Crippen LogP) is 2.54. The first-order valence-corrected chi connectivity index (χ1v) is 6.91. The van der Waals surface area contributed by atoms with Crippen molar-refractivity contribution in [2.45, 2.75) is 6.92 Å². The van der Waals surface area contributed by atoms with Gasteiger partial charge in [0.1, 0.15) is 0 Å². The van der Waals surface area contributed by atoms with Crippen molar-refractivity contribution in [1.82, 2.24) is 9.97 Å². The van der Waals surface area contributed by atoms with Crippen molar-refractivity contribution >= 4 is 17.4 Å². The first-order valence-electron chi connectivity index (χ1n) is 6.91. The molecule has 1 heterocycles. The molecule has 0 spiro atoms. The number of aromatic nitrogens is 2. The van der Waals surface area contributed by atoms with Crippen molar-refractivity contribution in [2.24, 2.45) is 0 Å². The monoisotopic (exact) mass is 318 g/mol. The molecular weight excluding hydrogens is 300 g/mol. The molecule has 2 rings (SSSR count). The second-order valence-corrected chi connectivity index (χ2v) is 4.31. The predicted molar refractivity (Wildman–Crippen MR) is 85.4 cm³/mol. The van der Waals surface area contributed by atoms with Crippen LogP contribution in [0.5, 0.6) is 17.5 Å². The summed E-state index contributed by atoms with van der Waals surface area (Å²) in [7, 11) is 3.03. The smallest absolute Gasteiger partial charge is 0.323 e. The Hall–Kier alpha value is -3.03. The summed E-state index contributed by atoms with van der Waals surface area (Å²) in [5, 5.41) is 5.30. The molecule has 0 bridgehead atoms. The van der Waals surface area contributed by atoms with Gasteiger partial charge in [-0.25, -0.2) is 14.8 Å². The summed E-state index contributed by atoms with van der Waals surface area (Å²) in [5.41, 5.74) is 0.920. The lowest BCUT2D eigenvalue weighted by molar-refractivity contribution is 0.262. The number of anilines is 2. The van der Waals surface area contributed by atoms with Gasteiger partial charge in [-0.2, -0.15) is 0 Å². The molecule has 2 aromatic rings. The van der Waals surface area contributed by atoms with E-state index in [0.29, 0.717) is 29.5 Å². The van der Waals surface area contributed by atoms with E-state index in [1.165, 1.54) is 26.6 Å². The second-order valence-electron chi connectivity index (χ2n) is 4.31. The van der Waals surface area contributed by atoms with E-state index in [0.717, 1.165) is 0 Å². The van der Waals surface area contributed by atoms with Gasteiger partial charge in [0.15, 0.2) is 11.5 Å². The molecule has 0 saturated carbocycles. The number of nitrogens with one attached hydrogen (secondary N) is 2. The van der Waals surface area contributed by atoms with E-state index in [1.54, 1.807) is 18.2 Å². The number of amides is 2. The molecule has 0 atom stereocenters. The summed E-state index contributed by atoms with van der Waals surface area (Å²) in [6.45, 7) is 2.31. The van der Waals surface area contributed by atoms with Crippen LogP contribution in [0.1, 0.15) is 6.92 Å². The fourth-order valence-corrected chi connectivity index (χ4v) is 1.85. The number of hydrogen-bond donors (Lipinski definition) is 2. The molecule has 0 fully saturated rings. The second kappa shape index (κ2) is 7.83. The van der Waals surface area contributed by atoms with Crippen molar-refractivity contribution in [3.63, 3.8) is 0 Å². The number of rotatable bonds is 6. The molecular formula is C15H18N4O4. The maximum absolute atomic E-state index is 12.1. The largest absolute Gasteiger partial charge is 0.493 e. The topological polar surface area (TPSA) is 94.6 Å². The minimum atomic E-state index is -0.454. The Balaban J connectivity index is 2.05. The standard InChI is InChI=1S/C15H18N4O4/c1-4-23-15-16-8-10(9-17-15)18-14(20)19-11-6-5-7-12(21-2)13(11)22-3/h5-9H,4H2,1-3H3,(H2,18,19,20). The Morgan fingerprint density at radius 3 is 2.48 bits per heavy atom. The number of carbonyl (C=O) groups excluding carboxylic acids is 1. The molecule has 23 heavy (non-hydrogen) atoms. The van der Waals surface area contributed by atoms with Gasteiger partial charge in [0, 0.05) is 0 Å². The molecule has 0 aliphatic rings. The number of benzene rings is 1. The van der Waals surface area contributed by atoms with Crippen LogP contribution in [0, 0.1) is 0 Å². The number of hydrogen-bond acceptors (Lipinski definition) is 6. The van der Waals surface area contributed by atoms with Crippen LogP contribution in [0.15, 0.2) is 30.6 Å². The summed E-state index contributed by atoms with van der Waals surface area (Å²) < 4.78 is 15.6. The van der Waals surface area contributed by atoms with Gasteiger partial charge in [-0.05, 0) is 19.1 Å². The van der Waals surface area contributed by atoms with Gasteiger partial charge in [0.2, 0.25) is 0 Å². The van der Waals surface area contributed by atoms with E-state index in [9.17, 15) is 4.79 Å². The number of carbonyl (C=O) groups is 1. The third-order valence-electron chi connectivity index (χ3n) is 2.81. The molecule has 1 aromatic carbocycles. The number of para-hydroxylation sites is 1. The van der Waals surface area contributed by atoms with Crippen molar-refractivity contribution in [3.8, 4) is 17.5 Å². The highest BCUT2D eigenvalue weighted by Crippen LogP contribution is 2.34. The average Bonchev–Trinajstić information content (AvgIpc) is 2.56. The SMILES string of the molecule is CCOc1ncc(NC(=O)Nc2cccc(OC)c2OC)cn1. The molecule has 122 valence electrons. The van der Waals surface area contributed by atoms with E-state index in [-0.39, 0.29) is 6.01 Å². The molecule has 2 amide bonds. The fraction of sp³-hybridized carbons (Fsp3) is 0.267. The minimum absolute atomic E-state index is 0.257. The third-order valence-corrected chi connectivity index (χ3v) is 2.81. The van der Waals surface area contributed by atoms with Crippen LogP contribution in [-0.4, -0.2) is 36.8 Å². The van der Waals surface area contributed by atoms with Crippen LogP contribution in [0.25, 0.3) is 0 Å². The van der Waals surface area contributed by atoms with E-state index in [4.69, 9.17) is 14.2 Å². The maximum Gasteiger partial charge on any atom is 0.323 e. The molecule has 2 N–H and O–H groups in total. The third kappa shape index (κ3) is 4.22. The van der Waals surface area contributed by atoms with Gasteiger partial charge in [0.05, 0.1) is 44.6 Å². The zero-order valence-electron chi connectivity index (χ0n) is 13.1. The molecule has 8 nitrogen and oxygen atoms in total. The molecule has 0 radical (unpaired) electrons.